The van der Waals surface area contributed by atoms with Crippen molar-refractivity contribution in [3.8, 4) is 11.8 Å². The maximum Gasteiger partial charge on any atom is 0.416 e. The summed E-state index contributed by atoms with van der Waals surface area (Å²) in [6.45, 7) is 3.98. The third kappa shape index (κ3) is 7.17. The number of rotatable bonds is 7. The van der Waals surface area contributed by atoms with Gasteiger partial charge in [-0.05, 0) is 84.5 Å². The van der Waals surface area contributed by atoms with E-state index in [2.05, 4.69) is 21.2 Å². The average Bonchev–Trinajstić information content (AvgIpc) is 3.46. The summed E-state index contributed by atoms with van der Waals surface area (Å²) in [5, 5.41) is 13.4. The van der Waals surface area contributed by atoms with Crippen molar-refractivity contribution in [1.82, 2.24) is 10.2 Å². The smallest absolute Gasteiger partial charge is 0.416 e. The molecule has 0 radical (unpaired) electrons. The maximum atomic E-state index is 13.1. The Morgan fingerprint density at radius 3 is 2.41 bits per heavy atom. The van der Waals surface area contributed by atoms with Crippen molar-refractivity contribution in [3.05, 3.63) is 94.4 Å². The van der Waals surface area contributed by atoms with E-state index in [9.17, 15) is 18.0 Å². The van der Waals surface area contributed by atoms with Crippen molar-refractivity contribution in [2.45, 2.75) is 50.6 Å². The SMILES string of the molecule is N#Cc1cccc(CN2CCC(NC(=O)c3cc4ccc(OC5CCN(c6ccc(C(F)(F)F)cc6)CC5)cc4s3)CC2)c1. The summed E-state index contributed by atoms with van der Waals surface area (Å²) in [7, 11) is 0. The van der Waals surface area contributed by atoms with E-state index in [-0.39, 0.29) is 18.1 Å². The number of nitriles is 1. The molecule has 2 saturated heterocycles. The van der Waals surface area contributed by atoms with Gasteiger partial charge in [0.05, 0.1) is 22.1 Å². The molecule has 0 bridgehead atoms. The van der Waals surface area contributed by atoms with Crippen LogP contribution in [0.25, 0.3) is 10.1 Å². The van der Waals surface area contributed by atoms with Crippen molar-refractivity contribution in [1.29, 1.82) is 5.26 Å². The van der Waals surface area contributed by atoms with E-state index in [0.29, 0.717) is 23.5 Å². The number of fused-ring (bicyclic) bond motifs is 1. The minimum absolute atomic E-state index is 0.0158. The zero-order valence-corrected chi connectivity index (χ0v) is 25.0. The van der Waals surface area contributed by atoms with Crippen LogP contribution in [-0.2, 0) is 12.7 Å². The van der Waals surface area contributed by atoms with Gasteiger partial charge in [-0.1, -0.05) is 12.1 Å². The van der Waals surface area contributed by atoms with Crippen molar-refractivity contribution >= 4 is 33.0 Å². The van der Waals surface area contributed by atoms with Crippen LogP contribution in [0.5, 0.6) is 5.75 Å². The van der Waals surface area contributed by atoms with E-state index >= 15 is 0 Å². The zero-order valence-electron chi connectivity index (χ0n) is 24.1. The third-order valence-corrected chi connectivity index (χ3v) is 9.50. The predicted molar refractivity (Wildman–Crippen MR) is 166 cm³/mol. The molecule has 4 aromatic rings. The van der Waals surface area contributed by atoms with E-state index in [1.54, 1.807) is 0 Å². The summed E-state index contributed by atoms with van der Waals surface area (Å²) in [4.78, 5) is 18.2. The van der Waals surface area contributed by atoms with Gasteiger partial charge >= 0.3 is 6.18 Å². The number of likely N-dealkylation sites (tertiary alicyclic amines) is 1. The molecular formula is C34H33F3N4O2S. The fraction of sp³-hybridized carbons (Fsp3) is 0.353. The Hall–Kier alpha value is -4.07. The van der Waals surface area contributed by atoms with E-state index in [1.807, 2.05) is 48.5 Å². The van der Waals surface area contributed by atoms with Gasteiger partial charge in [0.15, 0.2) is 0 Å². The van der Waals surface area contributed by atoms with Crippen LogP contribution in [0.2, 0.25) is 0 Å². The number of amides is 1. The number of carbonyl (C=O) groups excluding carboxylic acids is 1. The number of ether oxygens (including phenoxy) is 1. The number of alkyl halides is 3. The highest BCUT2D eigenvalue weighted by Gasteiger charge is 2.30. The standard InChI is InChI=1S/C34H33F3N4O2S/c35-34(36,37)26-5-7-28(8-6-26)41-16-12-29(13-17-41)43-30-9-4-25-19-32(44-31(25)20-30)33(42)39-27-10-14-40(15-11-27)22-24-3-1-2-23(18-24)21-38/h1-9,18-20,27,29H,10-17,22H2,(H,39,42). The number of hydrogen-bond acceptors (Lipinski definition) is 6. The Kier molecular flexibility index (Phi) is 8.78. The molecule has 0 unspecified atom stereocenters. The Morgan fingerprint density at radius 1 is 0.955 bits per heavy atom. The molecule has 1 amide bonds. The average molecular weight is 619 g/mol. The fourth-order valence-corrected chi connectivity index (χ4v) is 6.97. The van der Waals surface area contributed by atoms with Gasteiger partial charge in [-0.2, -0.15) is 18.4 Å². The summed E-state index contributed by atoms with van der Waals surface area (Å²) in [5.74, 6) is 0.705. The first-order chi connectivity index (χ1) is 21.2. The second kappa shape index (κ2) is 12.9. The molecule has 6 rings (SSSR count). The van der Waals surface area contributed by atoms with Gasteiger partial charge in [0, 0.05) is 62.0 Å². The molecule has 2 aliphatic rings. The summed E-state index contributed by atoms with van der Waals surface area (Å²) in [6.07, 6.45) is -1.03. The Labute approximate surface area is 258 Å². The molecule has 3 heterocycles. The number of piperidine rings is 2. The molecule has 0 saturated carbocycles. The lowest BCUT2D eigenvalue weighted by atomic mass is 10.0. The van der Waals surface area contributed by atoms with Crippen LogP contribution in [0, 0.1) is 11.3 Å². The van der Waals surface area contributed by atoms with Gasteiger partial charge in [-0.15, -0.1) is 11.3 Å². The summed E-state index contributed by atoms with van der Waals surface area (Å²) in [5.41, 5.74) is 1.95. The van der Waals surface area contributed by atoms with Crippen molar-refractivity contribution in [2.24, 2.45) is 0 Å². The van der Waals surface area contributed by atoms with Crippen molar-refractivity contribution in [3.63, 3.8) is 0 Å². The highest BCUT2D eigenvalue weighted by atomic mass is 32.1. The normalized spacial score (nSPS) is 17.0. The monoisotopic (exact) mass is 618 g/mol. The lowest BCUT2D eigenvalue weighted by Crippen LogP contribution is -2.44. The third-order valence-electron chi connectivity index (χ3n) is 8.40. The zero-order chi connectivity index (χ0) is 30.7. The second-order valence-corrected chi connectivity index (χ2v) is 12.6. The van der Waals surface area contributed by atoms with Crippen LogP contribution >= 0.6 is 11.3 Å². The van der Waals surface area contributed by atoms with Crippen LogP contribution < -0.4 is 15.0 Å². The van der Waals surface area contributed by atoms with Crippen molar-refractivity contribution in [2.75, 3.05) is 31.1 Å². The molecule has 0 aliphatic carbocycles. The Morgan fingerprint density at radius 2 is 1.70 bits per heavy atom. The van der Waals surface area contributed by atoms with Crippen LogP contribution in [0.3, 0.4) is 0 Å². The fourth-order valence-electron chi connectivity index (χ4n) is 5.97. The number of anilines is 1. The lowest BCUT2D eigenvalue weighted by Gasteiger charge is -2.33. The summed E-state index contributed by atoms with van der Waals surface area (Å²) < 4.78 is 45.9. The van der Waals surface area contributed by atoms with Crippen LogP contribution in [0.4, 0.5) is 18.9 Å². The molecule has 10 heteroatoms. The van der Waals surface area contributed by atoms with Crippen LogP contribution in [0.1, 0.15) is 52.0 Å². The molecule has 1 aromatic heterocycles. The van der Waals surface area contributed by atoms with Gasteiger partial charge in [-0.25, -0.2) is 0 Å². The summed E-state index contributed by atoms with van der Waals surface area (Å²) in [6, 6.07) is 23.2. The van der Waals surface area contributed by atoms with Gasteiger partial charge in [0.2, 0.25) is 0 Å². The number of hydrogen-bond donors (Lipinski definition) is 1. The highest BCUT2D eigenvalue weighted by Crippen LogP contribution is 2.33. The summed E-state index contributed by atoms with van der Waals surface area (Å²) >= 11 is 1.46. The van der Waals surface area contributed by atoms with Gasteiger partial charge < -0.3 is 15.0 Å². The number of halogens is 3. The number of benzene rings is 3. The van der Waals surface area contributed by atoms with Crippen LogP contribution in [-0.4, -0.2) is 49.1 Å². The van der Waals surface area contributed by atoms with Gasteiger partial charge in [0.1, 0.15) is 11.9 Å². The maximum absolute atomic E-state index is 13.1. The molecular weight excluding hydrogens is 585 g/mol. The molecule has 3 aromatic carbocycles. The molecule has 2 fully saturated rings. The molecule has 228 valence electrons. The minimum Gasteiger partial charge on any atom is -0.490 e. The molecule has 44 heavy (non-hydrogen) atoms. The van der Waals surface area contributed by atoms with E-state index in [4.69, 9.17) is 10.00 Å². The highest BCUT2D eigenvalue weighted by molar-refractivity contribution is 7.20. The van der Waals surface area contributed by atoms with Gasteiger partial charge in [-0.3, -0.25) is 9.69 Å². The largest absolute Gasteiger partial charge is 0.490 e. The van der Waals surface area contributed by atoms with E-state index in [0.717, 1.165) is 84.5 Å². The first-order valence-corrected chi connectivity index (χ1v) is 15.7. The van der Waals surface area contributed by atoms with Crippen molar-refractivity contribution < 1.29 is 22.7 Å². The van der Waals surface area contributed by atoms with E-state index < -0.39 is 11.7 Å². The number of thiophene rings is 1. The first-order valence-electron chi connectivity index (χ1n) is 14.9. The number of carbonyl (C=O) groups is 1. The molecule has 2 aliphatic heterocycles. The Bertz CT molecular complexity index is 1650. The van der Waals surface area contributed by atoms with Gasteiger partial charge in [0.25, 0.3) is 5.91 Å². The molecule has 0 spiro atoms. The molecule has 0 atom stereocenters. The topological polar surface area (TPSA) is 68.6 Å². The number of nitrogens with one attached hydrogen (secondary N) is 1. The second-order valence-electron chi connectivity index (χ2n) is 11.5. The minimum atomic E-state index is -4.33. The Balaban J connectivity index is 0.983. The lowest BCUT2D eigenvalue weighted by molar-refractivity contribution is -0.137. The first kappa shape index (κ1) is 30.0. The molecule has 6 nitrogen and oxygen atoms in total. The quantitative estimate of drug-likeness (QED) is 0.237. The number of nitrogens with zero attached hydrogens (tertiary/aromatic N) is 3. The molecule has 1 N–H and O–H groups in total. The predicted octanol–water partition coefficient (Wildman–Crippen LogP) is 7.23. The van der Waals surface area contributed by atoms with Crippen LogP contribution in [0.15, 0.2) is 72.8 Å². The van der Waals surface area contributed by atoms with E-state index in [1.165, 1.54) is 23.5 Å².